The predicted octanol–water partition coefficient (Wildman–Crippen LogP) is 4.08. The first-order valence-electron chi connectivity index (χ1n) is 10.2. The van der Waals surface area contributed by atoms with E-state index in [0.717, 1.165) is 38.1 Å². The normalized spacial score (nSPS) is 14.4. The SMILES string of the molecule is CCn1c(=O)n(CC(=O)Nc2cc(C(F)(F)F)ccc2N2CCCC2)c2ccccc21. The molecule has 1 N–H and O–H groups in total. The lowest BCUT2D eigenvalue weighted by Crippen LogP contribution is -2.30. The van der Waals surface area contributed by atoms with E-state index in [1.807, 2.05) is 17.9 Å². The number of nitrogens with zero attached hydrogens (tertiary/aromatic N) is 3. The Balaban J connectivity index is 1.66. The van der Waals surface area contributed by atoms with Crippen LogP contribution in [0.2, 0.25) is 0 Å². The molecule has 0 unspecified atom stereocenters. The van der Waals surface area contributed by atoms with Crippen LogP contribution in [0.3, 0.4) is 0 Å². The molecule has 0 bridgehead atoms. The number of hydrogen-bond donors (Lipinski definition) is 1. The second-order valence-electron chi connectivity index (χ2n) is 7.57. The molecule has 1 fully saturated rings. The standard InChI is InChI=1S/C22H23F3N4O2/c1-2-28-18-7-3-4-8-19(18)29(21(28)31)14-20(30)26-16-13-15(22(23,24)25)9-10-17(16)27-11-5-6-12-27/h3-4,7-10,13H,2,5-6,11-12,14H2,1H3,(H,26,30). The van der Waals surface area contributed by atoms with E-state index < -0.39 is 17.6 Å². The van der Waals surface area contributed by atoms with Crippen molar-refractivity contribution in [2.75, 3.05) is 23.3 Å². The minimum atomic E-state index is -4.52. The third-order valence-corrected chi connectivity index (χ3v) is 5.59. The van der Waals surface area contributed by atoms with Gasteiger partial charge in [-0.25, -0.2) is 4.79 Å². The van der Waals surface area contributed by atoms with Gasteiger partial charge in [-0.2, -0.15) is 13.2 Å². The molecule has 6 nitrogen and oxygen atoms in total. The van der Waals surface area contributed by atoms with Gasteiger partial charge in [0.1, 0.15) is 6.54 Å². The highest BCUT2D eigenvalue weighted by Gasteiger charge is 2.32. The van der Waals surface area contributed by atoms with Gasteiger partial charge in [-0.3, -0.25) is 13.9 Å². The molecule has 164 valence electrons. The first-order valence-corrected chi connectivity index (χ1v) is 10.2. The van der Waals surface area contributed by atoms with Gasteiger partial charge in [0.15, 0.2) is 0 Å². The number of nitrogens with one attached hydrogen (secondary N) is 1. The summed E-state index contributed by atoms with van der Waals surface area (Å²) in [6, 6.07) is 10.5. The Bertz CT molecular complexity index is 1170. The van der Waals surface area contributed by atoms with Gasteiger partial charge in [-0.05, 0) is 50.1 Å². The lowest BCUT2D eigenvalue weighted by Gasteiger charge is -2.23. The van der Waals surface area contributed by atoms with Gasteiger partial charge in [-0.1, -0.05) is 12.1 Å². The third kappa shape index (κ3) is 4.04. The number of aryl methyl sites for hydroxylation is 1. The zero-order valence-electron chi connectivity index (χ0n) is 17.1. The molecule has 0 spiro atoms. The number of hydrogen-bond acceptors (Lipinski definition) is 3. The van der Waals surface area contributed by atoms with E-state index in [9.17, 15) is 22.8 Å². The van der Waals surface area contributed by atoms with E-state index in [-0.39, 0.29) is 17.9 Å². The summed E-state index contributed by atoms with van der Waals surface area (Å²) in [4.78, 5) is 27.5. The second-order valence-corrected chi connectivity index (χ2v) is 7.57. The number of fused-ring (bicyclic) bond motifs is 1. The summed E-state index contributed by atoms with van der Waals surface area (Å²) in [7, 11) is 0. The number of imidazole rings is 1. The number of carbonyl (C=O) groups excluding carboxylic acids is 1. The highest BCUT2D eigenvalue weighted by molar-refractivity contribution is 5.95. The molecular formula is C22H23F3N4O2. The van der Waals surface area contributed by atoms with Crippen LogP contribution in [0.25, 0.3) is 11.0 Å². The van der Waals surface area contributed by atoms with Crippen molar-refractivity contribution in [2.24, 2.45) is 0 Å². The van der Waals surface area contributed by atoms with Crippen molar-refractivity contribution < 1.29 is 18.0 Å². The van der Waals surface area contributed by atoms with Crippen LogP contribution in [0.1, 0.15) is 25.3 Å². The van der Waals surface area contributed by atoms with Crippen molar-refractivity contribution in [1.29, 1.82) is 0 Å². The number of aromatic nitrogens is 2. The summed E-state index contributed by atoms with van der Waals surface area (Å²) < 4.78 is 42.7. The monoisotopic (exact) mass is 432 g/mol. The summed E-state index contributed by atoms with van der Waals surface area (Å²) in [5.41, 5.74) is 0.817. The Labute approximate surface area is 176 Å². The smallest absolute Gasteiger partial charge is 0.370 e. The largest absolute Gasteiger partial charge is 0.416 e. The molecule has 1 aliphatic heterocycles. The summed E-state index contributed by atoms with van der Waals surface area (Å²) in [6.07, 6.45) is -2.63. The van der Waals surface area contributed by atoms with Crippen molar-refractivity contribution >= 4 is 28.3 Å². The summed E-state index contributed by atoms with van der Waals surface area (Å²) in [5, 5.41) is 2.62. The maximum Gasteiger partial charge on any atom is 0.416 e. The number of rotatable bonds is 5. The fourth-order valence-electron chi connectivity index (χ4n) is 4.11. The van der Waals surface area contributed by atoms with E-state index >= 15 is 0 Å². The fraction of sp³-hybridized carbons (Fsp3) is 0.364. The van der Waals surface area contributed by atoms with Crippen LogP contribution < -0.4 is 15.9 Å². The van der Waals surface area contributed by atoms with Crippen LogP contribution in [0.4, 0.5) is 24.5 Å². The molecule has 2 aromatic carbocycles. The Morgan fingerprint density at radius 3 is 2.29 bits per heavy atom. The van der Waals surface area contributed by atoms with Crippen molar-refractivity contribution in [3.05, 3.63) is 58.5 Å². The Kier molecular flexibility index (Phi) is 5.51. The molecule has 0 aliphatic carbocycles. The van der Waals surface area contributed by atoms with Crippen LogP contribution >= 0.6 is 0 Å². The summed E-state index contributed by atoms with van der Waals surface area (Å²) >= 11 is 0. The molecule has 1 amide bonds. The predicted molar refractivity (Wildman–Crippen MR) is 113 cm³/mol. The highest BCUT2D eigenvalue weighted by Crippen LogP contribution is 2.36. The van der Waals surface area contributed by atoms with E-state index in [1.165, 1.54) is 10.6 Å². The van der Waals surface area contributed by atoms with Crippen LogP contribution in [-0.4, -0.2) is 28.1 Å². The molecule has 3 aromatic rings. The molecule has 2 heterocycles. The maximum atomic E-state index is 13.3. The number of anilines is 2. The van der Waals surface area contributed by atoms with Gasteiger partial charge < -0.3 is 10.2 Å². The van der Waals surface area contributed by atoms with Gasteiger partial charge >= 0.3 is 11.9 Å². The minimum Gasteiger partial charge on any atom is -0.370 e. The minimum absolute atomic E-state index is 0.106. The average Bonchev–Trinajstić information content (AvgIpc) is 3.35. The number of carbonyl (C=O) groups is 1. The average molecular weight is 432 g/mol. The lowest BCUT2D eigenvalue weighted by molar-refractivity contribution is -0.137. The van der Waals surface area contributed by atoms with Gasteiger partial charge in [0, 0.05) is 19.6 Å². The van der Waals surface area contributed by atoms with Crippen LogP contribution in [0, 0.1) is 0 Å². The molecule has 0 radical (unpaired) electrons. The molecule has 1 aromatic heterocycles. The fourth-order valence-corrected chi connectivity index (χ4v) is 4.11. The first-order chi connectivity index (χ1) is 14.8. The van der Waals surface area contributed by atoms with E-state index in [1.54, 1.807) is 22.8 Å². The summed E-state index contributed by atoms with van der Waals surface area (Å²) in [6.45, 7) is 3.43. The molecule has 0 atom stereocenters. The number of amides is 1. The highest BCUT2D eigenvalue weighted by atomic mass is 19.4. The van der Waals surface area contributed by atoms with Crippen LogP contribution in [0.5, 0.6) is 0 Å². The van der Waals surface area contributed by atoms with Crippen molar-refractivity contribution in [1.82, 2.24) is 9.13 Å². The second kappa shape index (κ2) is 8.13. The molecule has 4 rings (SSSR count). The topological polar surface area (TPSA) is 59.3 Å². The number of para-hydroxylation sites is 2. The zero-order valence-corrected chi connectivity index (χ0v) is 17.1. The van der Waals surface area contributed by atoms with E-state index in [4.69, 9.17) is 0 Å². The molecule has 0 saturated carbocycles. The van der Waals surface area contributed by atoms with Gasteiger partial charge in [0.2, 0.25) is 5.91 Å². The van der Waals surface area contributed by atoms with Crippen molar-refractivity contribution in [3.8, 4) is 0 Å². The molecule has 9 heteroatoms. The van der Waals surface area contributed by atoms with Crippen LogP contribution in [0.15, 0.2) is 47.3 Å². The van der Waals surface area contributed by atoms with Crippen LogP contribution in [-0.2, 0) is 24.1 Å². The van der Waals surface area contributed by atoms with Crippen molar-refractivity contribution in [2.45, 2.75) is 39.0 Å². The zero-order chi connectivity index (χ0) is 22.2. The van der Waals surface area contributed by atoms with E-state index in [2.05, 4.69) is 5.32 Å². The Morgan fingerprint density at radius 2 is 1.68 bits per heavy atom. The van der Waals surface area contributed by atoms with Gasteiger partial charge in [0.05, 0.1) is 28.0 Å². The number of alkyl halides is 3. The first kappa shape index (κ1) is 21.0. The maximum absolute atomic E-state index is 13.3. The number of halogens is 3. The Hall–Kier alpha value is -3.23. The van der Waals surface area contributed by atoms with E-state index in [0.29, 0.717) is 23.3 Å². The molecular weight excluding hydrogens is 409 g/mol. The Morgan fingerprint density at radius 1 is 1.03 bits per heavy atom. The summed E-state index contributed by atoms with van der Waals surface area (Å²) in [5.74, 6) is -0.555. The third-order valence-electron chi connectivity index (χ3n) is 5.59. The van der Waals surface area contributed by atoms with Crippen molar-refractivity contribution in [3.63, 3.8) is 0 Å². The molecule has 31 heavy (non-hydrogen) atoms. The van der Waals surface area contributed by atoms with Gasteiger partial charge in [0.25, 0.3) is 0 Å². The molecule has 1 aliphatic rings. The number of benzene rings is 2. The lowest BCUT2D eigenvalue weighted by atomic mass is 10.1. The quantitative estimate of drug-likeness (QED) is 0.661. The van der Waals surface area contributed by atoms with Gasteiger partial charge in [-0.15, -0.1) is 0 Å². The molecule has 1 saturated heterocycles.